The number of carbonyl (C=O) groups excluding carboxylic acids is 2. The molecular weight excluding hydrogens is 202 g/mol. The van der Waals surface area contributed by atoms with Crippen molar-refractivity contribution in [2.45, 2.75) is 26.7 Å². The third-order valence-electron chi connectivity index (χ3n) is 2.19. The Bertz CT molecular complexity index is 316. The van der Waals surface area contributed by atoms with Gasteiger partial charge in [-0.25, -0.2) is 0 Å². The molecule has 1 rings (SSSR count). The lowest BCUT2D eigenvalue weighted by Crippen LogP contribution is -2.41. The normalized spacial score (nSPS) is 20.4. The SMILES string of the molecule is C=C/C=C(\C=C)C1CCC(=O)NC1=O.CC. The van der Waals surface area contributed by atoms with Gasteiger partial charge in [-0.3, -0.25) is 14.9 Å². The van der Waals surface area contributed by atoms with Crippen molar-refractivity contribution in [3.8, 4) is 0 Å². The lowest BCUT2D eigenvalue weighted by Gasteiger charge is -2.21. The van der Waals surface area contributed by atoms with Crippen LogP contribution in [0.15, 0.2) is 37.0 Å². The molecule has 0 aromatic heterocycles. The van der Waals surface area contributed by atoms with Crippen molar-refractivity contribution in [3.05, 3.63) is 37.0 Å². The zero-order valence-corrected chi connectivity index (χ0v) is 9.95. The number of carbonyl (C=O) groups is 2. The Balaban J connectivity index is 0.00000106. The highest BCUT2D eigenvalue weighted by atomic mass is 16.2. The van der Waals surface area contributed by atoms with Gasteiger partial charge in [0.05, 0.1) is 5.92 Å². The third-order valence-corrected chi connectivity index (χ3v) is 2.19. The number of hydrogen-bond donors (Lipinski definition) is 1. The summed E-state index contributed by atoms with van der Waals surface area (Å²) in [7, 11) is 0. The summed E-state index contributed by atoms with van der Waals surface area (Å²) in [6, 6.07) is 0. The second-order valence-corrected chi connectivity index (χ2v) is 3.11. The number of imide groups is 1. The minimum atomic E-state index is -0.261. The molecule has 1 aliphatic heterocycles. The highest BCUT2D eigenvalue weighted by Gasteiger charge is 2.27. The van der Waals surface area contributed by atoms with Gasteiger partial charge in [0.1, 0.15) is 0 Å². The Morgan fingerprint density at radius 3 is 2.44 bits per heavy atom. The van der Waals surface area contributed by atoms with Gasteiger partial charge in [-0.05, 0) is 12.0 Å². The van der Waals surface area contributed by atoms with Gasteiger partial charge in [0, 0.05) is 6.42 Å². The number of hydrogen-bond acceptors (Lipinski definition) is 2. The fourth-order valence-corrected chi connectivity index (χ4v) is 1.47. The van der Waals surface area contributed by atoms with Crippen LogP contribution in [0, 0.1) is 5.92 Å². The van der Waals surface area contributed by atoms with E-state index in [-0.39, 0.29) is 17.7 Å². The van der Waals surface area contributed by atoms with E-state index in [1.54, 1.807) is 18.2 Å². The largest absolute Gasteiger partial charge is 0.296 e. The van der Waals surface area contributed by atoms with Gasteiger partial charge in [-0.2, -0.15) is 0 Å². The van der Waals surface area contributed by atoms with E-state index < -0.39 is 0 Å². The Labute approximate surface area is 96.9 Å². The summed E-state index contributed by atoms with van der Waals surface area (Å²) in [6.07, 6.45) is 5.92. The molecule has 3 nitrogen and oxygen atoms in total. The van der Waals surface area contributed by atoms with Crippen LogP contribution in [0.3, 0.4) is 0 Å². The lowest BCUT2D eigenvalue weighted by atomic mass is 9.90. The molecule has 1 aliphatic rings. The zero-order chi connectivity index (χ0) is 12.6. The van der Waals surface area contributed by atoms with Crippen LogP contribution in [-0.4, -0.2) is 11.8 Å². The summed E-state index contributed by atoms with van der Waals surface area (Å²) in [5.41, 5.74) is 0.810. The fraction of sp³-hybridized carbons (Fsp3) is 0.385. The van der Waals surface area contributed by atoms with Crippen LogP contribution in [0.4, 0.5) is 0 Å². The van der Waals surface area contributed by atoms with Crippen molar-refractivity contribution in [2.24, 2.45) is 5.92 Å². The minimum absolute atomic E-state index is 0.201. The van der Waals surface area contributed by atoms with Gasteiger partial charge in [-0.15, -0.1) is 0 Å². The smallest absolute Gasteiger partial charge is 0.234 e. The van der Waals surface area contributed by atoms with Crippen LogP contribution in [0.1, 0.15) is 26.7 Å². The summed E-state index contributed by atoms with van der Waals surface area (Å²) in [6.45, 7) is 11.2. The van der Waals surface area contributed by atoms with Crippen molar-refractivity contribution >= 4 is 11.8 Å². The van der Waals surface area contributed by atoms with E-state index >= 15 is 0 Å². The van der Waals surface area contributed by atoms with E-state index in [0.29, 0.717) is 12.8 Å². The van der Waals surface area contributed by atoms with Gasteiger partial charge >= 0.3 is 0 Å². The number of nitrogens with one attached hydrogen (secondary N) is 1. The van der Waals surface area contributed by atoms with Crippen molar-refractivity contribution in [2.75, 3.05) is 0 Å². The second-order valence-electron chi connectivity index (χ2n) is 3.11. The molecule has 0 spiro atoms. The molecule has 1 N–H and O–H groups in total. The topological polar surface area (TPSA) is 46.2 Å². The first-order valence-electron chi connectivity index (χ1n) is 5.47. The number of allylic oxidation sites excluding steroid dienone is 3. The Kier molecular flexibility index (Phi) is 6.84. The molecule has 0 saturated carbocycles. The summed E-state index contributed by atoms with van der Waals surface area (Å²) in [5, 5.41) is 2.30. The van der Waals surface area contributed by atoms with E-state index in [1.807, 2.05) is 13.8 Å². The molecule has 1 atom stereocenters. The second kappa shape index (κ2) is 7.63. The van der Waals surface area contributed by atoms with Gasteiger partial charge in [0.15, 0.2) is 0 Å². The Morgan fingerprint density at radius 2 is 2.00 bits per heavy atom. The van der Waals surface area contributed by atoms with E-state index in [1.165, 1.54) is 0 Å². The van der Waals surface area contributed by atoms with Gasteiger partial charge in [-0.1, -0.05) is 45.2 Å². The van der Waals surface area contributed by atoms with E-state index in [4.69, 9.17) is 0 Å². The van der Waals surface area contributed by atoms with Gasteiger partial charge < -0.3 is 0 Å². The Morgan fingerprint density at radius 1 is 1.38 bits per heavy atom. The van der Waals surface area contributed by atoms with Crippen molar-refractivity contribution < 1.29 is 9.59 Å². The first kappa shape index (κ1) is 14.4. The summed E-state index contributed by atoms with van der Waals surface area (Å²) < 4.78 is 0. The minimum Gasteiger partial charge on any atom is -0.296 e. The number of piperidine rings is 1. The van der Waals surface area contributed by atoms with Gasteiger partial charge in [0.2, 0.25) is 11.8 Å². The van der Waals surface area contributed by atoms with E-state index in [9.17, 15) is 9.59 Å². The van der Waals surface area contributed by atoms with Crippen LogP contribution < -0.4 is 5.32 Å². The molecule has 1 fully saturated rings. The van der Waals surface area contributed by atoms with Gasteiger partial charge in [0.25, 0.3) is 0 Å². The number of rotatable bonds is 3. The molecule has 0 aromatic rings. The average molecular weight is 221 g/mol. The standard InChI is InChI=1S/C11H13NO2.C2H6/c1-3-5-8(4-2)9-6-7-10(13)12-11(9)14;1-2/h3-5,9H,1-2,6-7H2,(H,12,13,14);1-2H3/b8-5+;. The summed E-state index contributed by atoms with van der Waals surface area (Å²) in [5.74, 6) is -0.703. The molecule has 0 radical (unpaired) electrons. The fourth-order valence-electron chi connectivity index (χ4n) is 1.47. The molecular formula is C13H19NO2. The molecule has 1 unspecified atom stereocenters. The van der Waals surface area contributed by atoms with Crippen LogP contribution in [0.2, 0.25) is 0 Å². The predicted octanol–water partition coefficient (Wildman–Crippen LogP) is 2.36. The van der Waals surface area contributed by atoms with Crippen LogP contribution in [0.25, 0.3) is 0 Å². The Hall–Kier alpha value is -1.64. The molecule has 0 aromatic carbocycles. The molecule has 0 aliphatic carbocycles. The maximum atomic E-state index is 11.4. The zero-order valence-electron chi connectivity index (χ0n) is 9.95. The molecule has 88 valence electrons. The number of amides is 2. The third kappa shape index (κ3) is 3.85. The maximum absolute atomic E-state index is 11.4. The van der Waals surface area contributed by atoms with Crippen LogP contribution >= 0.6 is 0 Å². The summed E-state index contributed by atoms with van der Waals surface area (Å²) in [4.78, 5) is 22.3. The monoisotopic (exact) mass is 221 g/mol. The molecule has 1 saturated heterocycles. The van der Waals surface area contributed by atoms with Crippen molar-refractivity contribution in [1.82, 2.24) is 5.32 Å². The highest BCUT2D eigenvalue weighted by Crippen LogP contribution is 2.21. The average Bonchev–Trinajstić information content (AvgIpc) is 2.29. The first-order valence-corrected chi connectivity index (χ1v) is 5.47. The molecule has 0 bridgehead atoms. The molecule has 1 heterocycles. The van der Waals surface area contributed by atoms with Crippen molar-refractivity contribution in [3.63, 3.8) is 0 Å². The molecule has 2 amide bonds. The van der Waals surface area contributed by atoms with E-state index in [0.717, 1.165) is 5.57 Å². The molecule has 3 heteroatoms. The highest BCUT2D eigenvalue weighted by molar-refractivity contribution is 6.00. The quantitative estimate of drug-likeness (QED) is 0.587. The summed E-state index contributed by atoms with van der Waals surface area (Å²) >= 11 is 0. The lowest BCUT2D eigenvalue weighted by molar-refractivity contribution is -0.135. The van der Waals surface area contributed by atoms with E-state index in [2.05, 4.69) is 18.5 Å². The predicted molar refractivity (Wildman–Crippen MR) is 65.7 cm³/mol. The maximum Gasteiger partial charge on any atom is 0.234 e. The van der Waals surface area contributed by atoms with Crippen LogP contribution in [0.5, 0.6) is 0 Å². The molecule has 16 heavy (non-hydrogen) atoms. The first-order chi connectivity index (χ1) is 7.69. The van der Waals surface area contributed by atoms with Crippen LogP contribution in [-0.2, 0) is 9.59 Å². The van der Waals surface area contributed by atoms with Crippen molar-refractivity contribution in [1.29, 1.82) is 0 Å².